The minimum Gasteiger partial charge on any atom is -0.436 e. The Morgan fingerprint density at radius 1 is 0.714 bits per heavy atom. The molecule has 0 aromatic carbocycles. The van der Waals surface area contributed by atoms with E-state index in [9.17, 15) is 0 Å². The van der Waals surface area contributed by atoms with Crippen molar-refractivity contribution in [3.05, 3.63) is 37.6 Å². The van der Waals surface area contributed by atoms with Gasteiger partial charge in [-0.05, 0) is 57.4 Å². The van der Waals surface area contributed by atoms with Crippen LogP contribution in [0.15, 0.2) is 37.6 Å². The van der Waals surface area contributed by atoms with Crippen LogP contribution in [0.1, 0.15) is 19.8 Å². The second-order valence-corrected chi connectivity index (χ2v) is 24.3. The molecule has 0 fully saturated rings. The highest BCUT2D eigenvalue weighted by atomic mass is 28.4. The summed E-state index contributed by atoms with van der Waals surface area (Å²) in [5, 5.41) is 0. The SMILES string of the molecule is C=CCO[Si](C)(C=C)O[Si](C)(C)CCC[Si](C)(C)O[Si](C)(CCC)OCC=C. The van der Waals surface area contributed by atoms with Crippen molar-refractivity contribution in [2.45, 2.75) is 77.2 Å². The highest BCUT2D eigenvalue weighted by Gasteiger charge is 2.39. The second kappa shape index (κ2) is 12.6. The van der Waals surface area contributed by atoms with E-state index < -0.39 is 33.8 Å². The first-order chi connectivity index (χ1) is 12.9. The maximum absolute atomic E-state index is 6.70. The normalized spacial score (nSPS) is 16.8. The van der Waals surface area contributed by atoms with Gasteiger partial charge in [0.25, 0.3) is 0 Å². The molecule has 0 saturated heterocycles. The van der Waals surface area contributed by atoms with Crippen LogP contribution in [0, 0.1) is 0 Å². The van der Waals surface area contributed by atoms with Crippen molar-refractivity contribution in [1.82, 2.24) is 0 Å². The fraction of sp³-hybridized carbons (Fsp3) is 0.700. The van der Waals surface area contributed by atoms with Crippen LogP contribution in [0.5, 0.6) is 0 Å². The lowest BCUT2D eigenvalue weighted by Gasteiger charge is -2.37. The van der Waals surface area contributed by atoms with E-state index in [0.717, 1.165) is 31.0 Å². The molecule has 164 valence electrons. The van der Waals surface area contributed by atoms with Gasteiger partial charge in [-0.2, -0.15) is 0 Å². The van der Waals surface area contributed by atoms with Gasteiger partial charge in [-0.25, -0.2) is 0 Å². The van der Waals surface area contributed by atoms with Crippen molar-refractivity contribution >= 4 is 33.8 Å². The van der Waals surface area contributed by atoms with Crippen LogP contribution in [0.4, 0.5) is 0 Å². The summed E-state index contributed by atoms with van der Waals surface area (Å²) in [6.45, 7) is 28.2. The molecule has 0 heterocycles. The van der Waals surface area contributed by atoms with Crippen LogP contribution < -0.4 is 0 Å². The Bertz CT molecular complexity index is 499. The zero-order valence-corrected chi connectivity index (χ0v) is 23.4. The van der Waals surface area contributed by atoms with Crippen LogP contribution in [0.3, 0.4) is 0 Å². The van der Waals surface area contributed by atoms with E-state index in [-0.39, 0.29) is 0 Å². The molecule has 0 aliphatic carbocycles. The van der Waals surface area contributed by atoms with E-state index in [2.05, 4.69) is 65.9 Å². The van der Waals surface area contributed by atoms with Crippen molar-refractivity contribution in [1.29, 1.82) is 0 Å². The Kier molecular flexibility index (Phi) is 12.6. The predicted octanol–water partition coefficient (Wildman–Crippen LogP) is 6.50. The molecule has 0 N–H and O–H groups in total. The van der Waals surface area contributed by atoms with Gasteiger partial charge in [-0.3, -0.25) is 0 Å². The standard InChI is InChI=1S/C20H44O4Si4/c1-11-16-21-27(9,14-4)23-25(5,6)19-15-20-26(7,8)24-28(10,18-13-3)22-17-12-2/h11-12,14H,1-2,4,13,15-20H2,3,5-10H3. The van der Waals surface area contributed by atoms with Crippen LogP contribution in [0.25, 0.3) is 0 Å². The quantitative estimate of drug-likeness (QED) is 0.183. The minimum absolute atomic E-state index is 0.512. The second-order valence-electron chi connectivity index (χ2n) is 8.88. The Morgan fingerprint density at radius 2 is 1.21 bits per heavy atom. The Labute approximate surface area is 178 Å². The molecule has 0 bridgehead atoms. The smallest absolute Gasteiger partial charge is 0.351 e. The van der Waals surface area contributed by atoms with E-state index in [1.165, 1.54) is 0 Å². The van der Waals surface area contributed by atoms with Gasteiger partial charge < -0.3 is 17.1 Å². The first-order valence-electron chi connectivity index (χ1n) is 10.4. The molecule has 4 nitrogen and oxygen atoms in total. The van der Waals surface area contributed by atoms with Crippen molar-refractivity contribution in [2.24, 2.45) is 0 Å². The lowest BCUT2D eigenvalue weighted by molar-refractivity contribution is 0.268. The van der Waals surface area contributed by atoms with Crippen molar-refractivity contribution < 1.29 is 17.1 Å². The number of rotatable bonds is 17. The van der Waals surface area contributed by atoms with Gasteiger partial charge in [0.15, 0.2) is 16.6 Å². The molecule has 0 aromatic heterocycles. The molecule has 0 radical (unpaired) electrons. The van der Waals surface area contributed by atoms with Crippen molar-refractivity contribution in [3.8, 4) is 0 Å². The van der Waals surface area contributed by atoms with Crippen LogP contribution in [-0.2, 0) is 17.1 Å². The fourth-order valence-electron chi connectivity index (χ4n) is 3.37. The Morgan fingerprint density at radius 3 is 1.68 bits per heavy atom. The topological polar surface area (TPSA) is 36.9 Å². The lowest BCUT2D eigenvalue weighted by Crippen LogP contribution is -2.49. The molecule has 2 atom stereocenters. The third kappa shape index (κ3) is 11.8. The summed E-state index contributed by atoms with van der Waals surface area (Å²) in [6, 6.07) is 3.25. The van der Waals surface area contributed by atoms with Crippen LogP contribution in [0.2, 0.25) is 57.4 Å². The number of hydrogen-bond acceptors (Lipinski definition) is 4. The minimum atomic E-state index is -2.33. The van der Waals surface area contributed by atoms with Gasteiger partial charge in [0.2, 0.25) is 0 Å². The molecule has 8 heteroatoms. The van der Waals surface area contributed by atoms with Gasteiger partial charge in [0.05, 0.1) is 13.2 Å². The van der Waals surface area contributed by atoms with E-state index >= 15 is 0 Å². The monoisotopic (exact) mass is 460 g/mol. The van der Waals surface area contributed by atoms with Crippen LogP contribution >= 0.6 is 0 Å². The zero-order valence-electron chi connectivity index (χ0n) is 19.4. The summed E-state index contributed by atoms with van der Waals surface area (Å²) < 4.78 is 25.2. The highest BCUT2D eigenvalue weighted by Crippen LogP contribution is 2.28. The summed E-state index contributed by atoms with van der Waals surface area (Å²) >= 11 is 0. The van der Waals surface area contributed by atoms with E-state index in [4.69, 9.17) is 17.1 Å². The van der Waals surface area contributed by atoms with Gasteiger partial charge in [0, 0.05) is 0 Å². The average molecular weight is 461 g/mol. The molecule has 0 saturated carbocycles. The van der Waals surface area contributed by atoms with Gasteiger partial charge in [-0.1, -0.05) is 37.6 Å². The molecule has 0 rings (SSSR count). The molecule has 0 aromatic rings. The lowest BCUT2D eigenvalue weighted by atomic mass is 10.6. The molecule has 0 spiro atoms. The summed E-state index contributed by atoms with van der Waals surface area (Å²) in [6.07, 6.45) is 5.80. The summed E-state index contributed by atoms with van der Waals surface area (Å²) in [5.74, 6) is 0. The van der Waals surface area contributed by atoms with Gasteiger partial charge >= 0.3 is 17.1 Å². The molecule has 0 aliphatic heterocycles. The first kappa shape index (κ1) is 27.9. The Hall–Kier alpha value is -0.0725. The van der Waals surface area contributed by atoms with Gasteiger partial charge in [0.1, 0.15) is 0 Å². The maximum atomic E-state index is 6.70. The summed E-state index contributed by atoms with van der Waals surface area (Å²) in [4.78, 5) is 0. The first-order valence-corrected chi connectivity index (χ1v) is 21.5. The summed E-state index contributed by atoms with van der Waals surface area (Å²) in [7, 11) is -8.09. The van der Waals surface area contributed by atoms with E-state index in [1.54, 1.807) is 6.08 Å². The summed E-state index contributed by atoms with van der Waals surface area (Å²) in [5.41, 5.74) is 1.88. The van der Waals surface area contributed by atoms with E-state index in [0.29, 0.717) is 13.2 Å². The largest absolute Gasteiger partial charge is 0.436 e. The maximum Gasteiger partial charge on any atom is 0.351 e. The Balaban J connectivity index is 4.76. The molecule has 0 amide bonds. The highest BCUT2D eigenvalue weighted by molar-refractivity contribution is 6.85. The van der Waals surface area contributed by atoms with Crippen molar-refractivity contribution in [3.63, 3.8) is 0 Å². The third-order valence-electron chi connectivity index (χ3n) is 4.60. The van der Waals surface area contributed by atoms with Crippen LogP contribution in [-0.4, -0.2) is 47.0 Å². The molecule has 28 heavy (non-hydrogen) atoms. The molecule has 2 unspecified atom stereocenters. The molecular formula is C20H44O4Si4. The van der Waals surface area contributed by atoms with Gasteiger partial charge in [-0.15, -0.1) is 19.7 Å². The molecule has 0 aliphatic rings. The van der Waals surface area contributed by atoms with E-state index in [1.807, 2.05) is 11.8 Å². The third-order valence-corrected chi connectivity index (χ3v) is 19.1. The fourth-order valence-corrected chi connectivity index (χ4v) is 19.0. The zero-order chi connectivity index (χ0) is 21.9. The number of hydrogen-bond donors (Lipinski definition) is 0. The van der Waals surface area contributed by atoms with Crippen molar-refractivity contribution in [2.75, 3.05) is 13.2 Å². The molecular weight excluding hydrogens is 417 g/mol. The average Bonchev–Trinajstić information content (AvgIpc) is 2.57. The predicted molar refractivity (Wildman–Crippen MR) is 132 cm³/mol.